The van der Waals surface area contributed by atoms with Gasteiger partial charge in [0.05, 0.1) is 17.0 Å². The number of hydrazone groups is 1. The molecular weight excluding hydrogens is 272 g/mol. The molecule has 1 amide bonds. The second kappa shape index (κ2) is 5.98. The molecule has 0 aromatic heterocycles. The van der Waals surface area contributed by atoms with Crippen LogP contribution in [0, 0.1) is 0 Å². The van der Waals surface area contributed by atoms with E-state index in [1.807, 2.05) is 55.5 Å². The number of hydrogen-bond acceptors (Lipinski definition) is 2. The van der Waals surface area contributed by atoms with Gasteiger partial charge < -0.3 is 0 Å². The molecule has 3 rings (SSSR count). The molecule has 1 aliphatic heterocycles. The second-order valence-electron chi connectivity index (χ2n) is 5.29. The summed E-state index contributed by atoms with van der Waals surface area (Å²) < 4.78 is 0. The average Bonchev–Trinajstić information content (AvgIpc) is 2.84. The molecule has 110 valence electrons. The molecule has 22 heavy (non-hydrogen) atoms. The molecule has 0 fully saturated rings. The molecule has 3 nitrogen and oxygen atoms in total. The Balaban J connectivity index is 1.90. The lowest BCUT2D eigenvalue weighted by molar-refractivity contribution is -0.114. The van der Waals surface area contributed by atoms with Crippen molar-refractivity contribution in [3.8, 4) is 0 Å². The van der Waals surface area contributed by atoms with Gasteiger partial charge in [0.25, 0.3) is 5.91 Å². The summed E-state index contributed by atoms with van der Waals surface area (Å²) in [5.41, 5.74) is 4.49. The van der Waals surface area contributed by atoms with Crippen molar-refractivity contribution in [1.29, 1.82) is 0 Å². The predicted molar refractivity (Wildman–Crippen MR) is 90.8 cm³/mol. The molecular formula is C19H18N2O. The van der Waals surface area contributed by atoms with Crippen molar-refractivity contribution in [2.45, 2.75) is 20.3 Å². The van der Waals surface area contributed by atoms with Crippen molar-refractivity contribution < 1.29 is 4.79 Å². The number of rotatable bonds is 3. The molecule has 0 N–H and O–H groups in total. The Bertz CT molecular complexity index is 743. The van der Waals surface area contributed by atoms with Crippen molar-refractivity contribution in [3.05, 3.63) is 71.3 Å². The van der Waals surface area contributed by atoms with Crippen LogP contribution in [0.1, 0.15) is 25.0 Å². The Morgan fingerprint density at radius 1 is 1.05 bits per heavy atom. The van der Waals surface area contributed by atoms with Gasteiger partial charge in [-0.15, -0.1) is 0 Å². The quantitative estimate of drug-likeness (QED) is 0.785. The zero-order chi connectivity index (χ0) is 15.5. The Kier molecular flexibility index (Phi) is 3.88. The third kappa shape index (κ3) is 2.70. The molecule has 0 saturated heterocycles. The van der Waals surface area contributed by atoms with Gasteiger partial charge in [-0.25, -0.2) is 0 Å². The van der Waals surface area contributed by atoms with Crippen LogP contribution in [-0.2, 0) is 11.2 Å². The summed E-state index contributed by atoms with van der Waals surface area (Å²) >= 11 is 0. The molecule has 0 bridgehead atoms. The van der Waals surface area contributed by atoms with E-state index in [1.54, 1.807) is 0 Å². The van der Waals surface area contributed by atoms with Crippen LogP contribution in [0.3, 0.4) is 0 Å². The minimum Gasteiger partial charge on any atom is -0.267 e. The largest absolute Gasteiger partial charge is 0.280 e. The molecule has 2 aromatic carbocycles. The van der Waals surface area contributed by atoms with E-state index in [4.69, 9.17) is 0 Å². The van der Waals surface area contributed by atoms with Gasteiger partial charge in [-0.05, 0) is 42.7 Å². The van der Waals surface area contributed by atoms with E-state index < -0.39 is 0 Å². The number of carbonyl (C=O) groups is 1. The highest BCUT2D eigenvalue weighted by Crippen LogP contribution is 2.24. The molecule has 0 aliphatic carbocycles. The lowest BCUT2D eigenvalue weighted by atomic mass is 10.0. The smallest absolute Gasteiger partial charge is 0.267 e. The lowest BCUT2D eigenvalue weighted by Crippen LogP contribution is -2.21. The first-order valence-corrected chi connectivity index (χ1v) is 7.45. The number of amides is 1. The summed E-state index contributed by atoms with van der Waals surface area (Å²) in [6, 6.07) is 17.8. The molecule has 2 aromatic rings. The first-order valence-electron chi connectivity index (χ1n) is 7.45. The number of benzene rings is 2. The van der Waals surface area contributed by atoms with E-state index in [9.17, 15) is 4.79 Å². The number of aryl methyl sites for hydroxylation is 1. The summed E-state index contributed by atoms with van der Waals surface area (Å²) in [5, 5.41) is 5.84. The Labute approximate surface area is 130 Å². The van der Waals surface area contributed by atoms with Crippen LogP contribution in [-0.4, -0.2) is 11.6 Å². The minimum absolute atomic E-state index is 0.0803. The fourth-order valence-electron chi connectivity index (χ4n) is 2.44. The zero-order valence-corrected chi connectivity index (χ0v) is 12.8. The van der Waals surface area contributed by atoms with Gasteiger partial charge in [-0.1, -0.05) is 49.4 Å². The van der Waals surface area contributed by atoms with E-state index in [2.05, 4.69) is 24.2 Å². The highest BCUT2D eigenvalue weighted by molar-refractivity contribution is 6.32. The third-order valence-electron chi connectivity index (χ3n) is 3.76. The third-order valence-corrected chi connectivity index (χ3v) is 3.76. The summed E-state index contributed by atoms with van der Waals surface area (Å²) in [6.07, 6.45) is 2.92. The van der Waals surface area contributed by atoms with E-state index in [-0.39, 0.29) is 5.91 Å². The van der Waals surface area contributed by atoms with Crippen LogP contribution in [0.15, 0.2) is 65.3 Å². The minimum atomic E-state index is -0.0803. The van der Waals surface area contributed by atoms with E-state index in [1.165, 1.54) is 10.6 Å². The van der Waals surface area contributed by atoms with Gasteiger partial charge in [0, 0.05) is 0 Å². The summed E-state index contributed by atoms with van der Waals surface area (Å²) in [4.78, 5) is 12.6. The highest BCUT2D eigenvalue weighted by Gasteiger charge is 2.28. The predicted octanol–water partition coefficient (Wildman–Crippen LogP) is 4.06. The first kappa shape index (κ1) is 14.3. The Hall–Kier alpha value is -2.68. The molecule has 1 heterocycles. The van der Waals surface area contributed by atoms with Crippen molar-refractivity contribution in [3.63, 3.8) is 0 Å². The maximum absolute atomic E-state index is 12.6. The fourth-order valence-corrected chi connectivity index (χ4v) is 2.44. The van der Waals surface area contributed by atoms with Crippen molar-refractivity contribution >= 4 is 23.4 Å². The number of para-hydroxylation sites is 1. The summed E-state index contributed by atoms with van der Waals surface area (Å²) in [7, 11) is 0. The van der Waals surface area contributed by atoms with E-state index in [0.29, 0.717) is 5.57 Å². The maximum Gasteiger partial charge on any atom is 0.280 e. The zero-order valence-electron chi connectivity index (χ0n) is 12.8. The van der Waals surface area contributed by atoms with Crippen molar-refractivity contribution in [2.75, 3.05) is 5.01 Å². The number of carbonyl (C=O) groups excluding carboxylic acids is 1. The van der Waals surface area contributed by atoms with Gasteiger partial charge >= 0.3 is 0 Å². The lowest BCUT2D eigenvalue weighted by Gasteiger charge is -2.11. The monoisotopic (exact) mass is 290 g/mol. The second-order valence-corrected chi connectivity index (χ2v) is 5.29. The Morgan fingerprint density at radius 2 is 1.73 bits per heavy atom. The van der Waals surface area contributed by atoms with Gasteiger partial charge in [0.2, 0.25) is 0 Å². The normalized spacial score (nSPS) is 16.3. The number of nitrogens with zero attached hydrogens (tertiary/aromatic N) is 2. The molecule has 0 atom stereocenters. The van der Waals surface area contributed by atoms with Gasteiger partial charge in [-0.3, -0.25) is 4.79 Å². The Morgan fingerprint density at radius 3 is 2.36 bits per heavy atom. The van der Waals surface area contributed by atoms with Crippen LogP contribution >= 0.6 is 0 Å². The molecule has 1 aliphatic rings. The number of hydrogen-bond donors (Lipinski definition) is 0. The fraction of sp³-hybridized carbons (Fsp3) is 0.158. The summed E-state index contributed by atoms with van der Waals surface area (Å²) in [5.74, 6) is -0.0803. The van der Waals surface area contributed by atoms with Crippen LogP contribution in [0.25, 0.3) is 6.08 Å². The van der Waals surface area contributed by atoms with Crippen molar-refractivity contribution in [2.24, 2.45) is 5.10 Å². The van der Waals surface area contributed by atoms with E-state index in [0.717, 1.165) is 23.4 Å². The molecule has 3 heteroatoms. The van der Waals surface area contributed by atoms with Crippen LogP contribution in [0.4, 0.5) is 5.69 Å². The number of anilines is 1. The van der Waals surface area contributed by atoms with Crippen molar-refractivity contribution in [1.82, 2.24) is 0 Å². The maximum atomic E-state index is 12.6. The molecule has 0 unspecified atom stereocenters. The van der Waals surface area contributed by atoms with Gasteiger partial charge in [0.15, 0.2) is 0 Å². The molecule has 0 spiro atoms. The van der Waals surface area contributed by atoms with E-state index >= 15 is 0 Å². The highest BCUT2D eigenvalue weighted by atomic mass is 16.2. The van der Waals surface area contributed by atoms with Crippen LogP contribution in [0.2, 0.25) is 0 Å². The van der Waals surface area contributed by atoms with Crippen LogP contribution in [0.5, 0.6) is 0 Å². The standard InChI is InChI=1S/C19H18N2O/c1-3-15-9-11-16(12-10-15)13-18-14(2)20-21(19(18)22)17-7-5-4-6-8-17/h4-13H,3H2,1-2H3/b18-13-. The first-order chi connectivity index (χ1) is 10.7. The summed E-state index contributed by atoms with van der Waals surface area (Å²) in [6.45, 7) is 4.00. The average molecular weight is 290 g/mol. The van der Waals surface area contributed by atoms with Gasteiger partial charge in [-0.2, -0.15) is 10.1 Å². The van der Waals surface area contributed by atoms with Gasteiger partial charge in [0.1, 0.15) is 0 Å². The topological polar surface area (TPSA) is 32.7 Å². The van der Waals surface area contributed by atoms with Crippen LogP contribution < -0.4 is 5.01 Å². The molecule has 0 saturated carbocycles. The molecule has 0 radical (unpaired) electrons. The SMILES string of the molecule is CCc1ccc(/C=C2\C(=O)N(c3ccccc3)N=C2C)cc1.